The van der Waals surface area contributed by atoms with Crippen LogP contribution in [0.5, 0.6) is 0 Å². The smallest absolute Gasteiger partial charge is 0.271 e. The van der Waals surface area contributed by atoms with Crippen LogP contribution in [0.15, 0.2) is 77.7 Å². The number of hydrogen-bond acceptors (Lipinski definition) is 5. The van der Waals surface area contributed by atoms with E-state index in [1.165, 1.54) is 54.6 Å². The van der Waals surface area contributed by atoms with Gasteiger partial charge in [0.05, 0.1) is 22.1 Å². The minimum Gasteiger partial charge on any atom is -0.324 e. The molecule has 0 aliphatic carbocycles. The van der Waals surface area contributed by atoms with Crippen molar-refractivity contribution in [1.82, 2.24) is 4.31 Å². The van der Waals surface area contributed by atoms with Gasteiger partial charge in [-0.05, 0) is 42.3 Å². The molecule has 3 aromatic carbocycles. The maximum Gasteiger partial charge on any atom is 0.271 e. The molecule has 1 amide bonds. The van der Waals surface area contributed by atoms with Crippen LogP contribution in [0, 0.1) is 22.9 Å². The molecule has 0 aliphatic heterocycles. The monoisotopic (exact) mass is 457 g/mol. The van der Waals surface area contributed by atoms with E-state index in [1.807, 2.05) is 0 Å². The summed E-state index contributed by atoms with van der Waals surface area (Å²) in [4.78, 5) is 23.2. The third-order valence-corrected chi connectivity index (χ3v) is 6.49. The van der Waals surface area contributed by atoms with Gasteiger partial charge in [-0.3, -0.25) is 14.9 Å². The number of nitrogens with one attached hydrogen (secondary N) is 1. The second-order valence-corrected chi connectivity index (χ2v) is 8.96. The van der Waals surface area contributed by atoms with Gasteiger partial charge in [-0.1, -0.05) is 36.4 Å². The number of amides is 1. The summed E-state index contributed by atoms with van der Waals surface area (Å²) in [6.45, 7) is 0.950. The summed E-state index contributed by atoms with van der Waals surface area (Å²) in [6, 6.07) is 16.9. The molecule has 0 radical (unpaired) electrons. The Bertz CT molecular complexity index is 1230. The summed E-state index contributed by atoms with van der Waals surface area (Å²) < 4.78 is 40.6. The fraction of sp³-hybridized carbons (Fsp3) is 0.136. The molecule has 0 unspecified atom stereocenters. The first-order valence-electron chi connectivity index (χ1n) is 9.51. The van der Waals surface area contributed by atoms with E-state index in [0.717, 1.165) is 4.31 Å². The number of sulfonamides is 1. The number of benzene rings is 3. The van der Waals surface area contributed by atoms with Crippen molar-refractivity contribution in [1.29, 1.82) is 0 Å². The Balaban J connectivity index is 1.88. The lowest BCUT2D eigenvalue weighted by Crippen LogP contribution is -2.37. The largest absolute Gasteiger partial charge is 0.324 e. The first-order valence-corrected chi connectivity index (χ1v) is 11.0. The Kier molecular flexibility index (Phi) is 6.96. The van der Waals surface area contributed by atoms with Gasteiger partial charge in [0.15, 0.2) is 0 Å². The summed E-state index contributed by atoms with van der Waals surface area (Å²) >= 11 is 0. The van der Waals surface area contributed by atoms with E-state index >= 15 is 0 Å². The van der Waals surface area contributed by atoms with Gasteiger partial charge in [-0.25, -0.2) is 12.8 Å². The SMILES string of the molecule is Cc1ccc([N+](=O)[O-])cc1NC(=O)CN(Cc1ccc(F)cc1)S(=O)(=O)c1ccccc1. The van der Waals surface area contributed by atoms with E-state index in [9.17, 15) is 27.7 Å². The van der Waals surface area contributed by atoms with Gasteiger partial charge in [0.1, 0.15) is 5.82 Å². The standard InChI is InChI=1S/C22H20FN3O5S/c1-16-7-12-19(26(28)29)13-21(16)24-22(27)15-25(14-17-8-10-18(23)11-9-17)32(30,31)20-5-3-2-4-6-20/h2-13H,14-15H2,1H3,(H,24,27). The average Bonchev–Trinajstić information content (AvgIpc) is 2.76. The second-order valence-electron chi connectivity index (χ2n) is 7.02. The van der Waals surface area contributed by atoms with Crippen LogP contribution < -0.4 is 5.32 Å². The maximum atomic E-state index is 13.3. The van der Waals surface area contributed by atoms with E-state index < -0.39 is 33.2 Å². The second kappa shape index (κ2) is 9.67. The number of nitrogens with zero attached hydrogens (tertiary/aromatic N) is 2. The van der Waals surface area contributed by atoms with Crippen molar-refractivity contribution in [2.45, 2.75) is 18.4 Å². The topological polar surface area (TPSA) is 110 Å². The van der Waals surface area contributed by atoms with Crippen molar-refractivity contribution >= 4 is 27.3 Å². The van der Waals surface area contributed by atoms with Crippen molar-refractivity contribution in [2.75, 3.05) is 11.9 Å². The molecular formula is C22H20FN3O5S. The number of carbonyl (C=O) groups is 1. The predicted octanol–water partition coefficient (Wildman–Crippen LogP) is 3.87. The molecule has 0 saturated heterocycles. The number of nitro groups is 1. The molecule has 32 heavy (non-hydrogen) atoms. The molecule has 1 N–H and O–H groups in total. The van der Waals surface area contributed by atoms with Gasteiger partial charge in [0.25, 0.3) is 5.69 Å². The highest BCUT2D eigenvalue weighted by molar-refractivity contribution is 7.89. The van der Waals surface area contributed by atoms with Crippen molar-refractivity contribution in [3.63, 3.8) is 0 Å². The molecule has 0 spiro atoms. The molecule has 0 aliphatic rings. The van der Waals surface area contributed by atoms with Crippen LogP contribution in [0.4, 0.5) is 15.8 Å². The Morgan fingerprint density at radius 1 is 1.06 bits per heavy atom. The Hall–Kier alpha value is -3.63. The Labute approximate surface area is 184 Å². The molecule has 3 aromatic rings. The van der Waals surface area contributed by atoms with Crippen LogP contribution in [0.1, 0.15) is 11.1 Å². The van der Waals surface area contributed by atoms with Crippen LogP contribution in [0.2, 0.25) is 0 Å². The van der Waals surface area contributed by atoms with Gasteiger partial charge >= 0.3 is 0 Å². The number of rotatable bonds is 8. The Morgan fingerprint density at radius 3 is 2.34 bits per heavy atom. The molecule has 8 nitrogen and oxygen atoms in total. The lowest BCUT2D eigenvalue weighted by molar-refractivity contribution is -0.384. The molecule has 166 valence electrons. The molecular weight excluding hydrogens is 437 g/mol. The highest BCUT2D eigenvalue weighted by atomic mass is 32.2. The number of halogens is 1. The number of hydrogen-bond donors (Lipinski definition) is 1. The third kappa shape index (κ3) is 5.54. The van der Waals surface area contributed by atoms with Crippen LogP contribution in [0.25, 0.3) is 0 Å². The van der Waals surface area contributed by atoms with E-state index in [1.54, 1.807) is 25.1 Å². The van der Waals surface area contributed by atoms with Crippen LogP contribution >= 0.6 is 0 Å². The van der Waals surface area contributed by atoms with Crippen LogP contribution in [0.3, 0.4) is 0 Å². The average molecular weight is 457 g/mol. The normalized spacial score (nSPS) is 11.3. The summed E-state index contributed by atoms with van der Waals surface area (Å²) in [5, 5.41) is 13.6. The minimum absolute atomic E-state index is 0.00133. The van der Waals surface area contributed by atoms with Crippen molar-refractivity contribution in [3.05, 3.63) is 99.9 Å². The number of non-ortho nitro benzene ring substituents is 1. The van der Waals surface area contributed by atoms with Crippen molar-refractivity contribution in [2.24, 2.45) is 0 Å². The fourth-order valence-corrected chi connectivity index (χ4v) is 4.37. The molecule has 0 heterocycles. The maximum absolute atomic E-state index is 13.3. The third-order valence-electron chi connectivity index (χ3n) is 4.68. The van der Waals surface area contributed by atoms with Crippen LogP contribution in [-0.2, 0) is 21.4 Å². The molecule has 0 atom stereocenters. The van der Waals surface area contributed by atoms with Gasteiger partial charge in [0, 0.05) is 18.7 Å². The fourth-order valence-electron chi connectivity index (χ4n) is 2.97. The van der Waals surface area contributed by atoms with Gasteiger partial charge in [0.2, 0.25) is 15.9 Å². The quantitative estimate of drug-likeness (QED) is 0.408. The van der Waals surface area contributed by atoms with Crippen molar-refractivity contribution in [3.8, 4) is 0 Å². The molecule has 0 bridgehead atoms. The Morgan fingerprint density at radius 2 is 1.72 bits per heavy atom. The summed E-state index contributed by atoms with van der Waals surface area (Å²) in [5.41, 5.74) is 1.08. The first kappa shape index (κ1) is 23.0. The number of nitro benzene ring substituents is 1. The first-order chi connectivity index (χ1) is 15.2. The van der Waals surface area contributed by atoms with Gasteiger partial charge < -0.3 is 5.32 Å². The summed E-state index contributed by atoms with van der Waals surface area (Å²) in [5.74, 6) is -1.14. The minimum atomic E-state index is -4.06. The molecule has 3 rings (SSSR count). The summed E-state index contributed by atoms with van der Waals surface area (Å²) in [6.07, 6.45) is 0. The van der Waals surface area contributed by atoms with Crippen molar-refractivity contribution < 1.29 is 22.5 Å². The van der Waals surface area contributed by atoms with E-state index in [2.05, 4.69) is 5.32 Å². The number of anilines is 1. The highest BCUT2D eigenvalue weighted by Gasteiger charge is 2.27. The number of carbonyl (C=O) groups excluding carboxylic acids is 1. The zero-order valence-electron chi connectivity index (χ0n) is 17.1. The molecule has 0 saturated carbocycles. The highest BCUT2D eigenvalue weighted by Crippen LogP contribution is 2.23. The van der Waals surface area contributed by atoms with E-state index in [-0.39, 0.29) is 22.8 Å². The summed E-state index contributed by atoms with van der Waals surface area (Å²) in [7, 11) is -4.06. The van der Waals surface area contributed by atoms with Gasteiger partial charge in [-0.15, -0.1) is 0 Å². The molecule has 0 aromatic heterocycles. The lowest BCUT2D eigenvalue weighted by Gasteiger charge is -2.22. The number of aryl methyl sites for hydroxylation is 1. The van der Waals surface area contributed by atoms with Gasteiger partial charge in [-0.2, -0.15) is 4.31 Å². The molecule has 10 heteroatoms. The van der Waals surface area contributed by atoms with Crippen LogP contribution in [-0.4, -0.2) is 30.1 Å². The van der Waals surface area contributed by atoms with E-state index in [0.29, 0.717) is 11.1 Å². The predicted molar refractivity (Wildman–Crippen MR) is 117 cm³/mol. The zero-order chi connectivity index (χ0) is 23.3. The van der Waals surface area contributed by atoms with E-state index in [4.69, 9.17) is 0 Å². The zero-order valence-corrected chi connectivity index (χ0v) is 17.9. The molecule has 0 fully saturated rings. The lowest BCUT2D eigenvalue weighted by atomic mass is 10.2.